The van der Waals surface area contributed by atoms with Crippen molar-refractivity contribution in [3.8, 4) is 5.69 Å². The molecule has 3 rings (SSSR count). The summed E-state index contributed by atoms with van der Waals surface area (Å²) in [6.07, 6.45) is 0.840. The van der Waals surface area contributed by atoms with Crippen molar-refractivity contribution in [1.29, 1.82) is 0 Å². The number of hydrogen-bond acceptors (Lipinski definition) is 4. The van der Waals surface area contributed by atoms with E-state index in [0.29, 0.717) is 30.2 Å². The van der Waals surface area contributed by atoms with Crippen molar-refractivity contribution < 1.29 is 9.90 Å². The molecule has 1 aromatic heterocycles. The fourth-order valence-corrected chi connectivity index (χ4v) is 2.90. The fourth-order valence-electron chi connectivity index (χ4n) is 2.90. The van der Waals surface area contributed by atoms with E-state index in [0.717, 1.165) is 17.5 Å². The van der Waals surface area contributed by atoms with Crippen LogP contribution < -0.4 is 4.90 Å². The number of rotatable bonds is 7. The second-order valence-electron chi connectivity index (χ2n) is 5.82. The van der Waals surface area contributed by atoms with E-state index in [1.165, 1.54) is 0 Å². The first-order chi connectivity index (χ1) is 12.2. The maximum absolute atomic E-state index is 11.7. The number of carbonyl (C=O) groups is 1. The first-order valence-electron chi connectivity index (χ1n) is 8.24. The molecule has 1 heterocycles. The van der Waals surface area contributed by atoms with Crippen LogP contribution in [-0.2, 0) is 6.54 Å². The number of aromatic nitrogens is 2. The first-order valence-corrected chi connectivity index (χ1v) is 8.24. The fraction of sp³-hybridized carbons (Fsp3) is 0.200. The van der Waals surface area contributed by atoms with E-state index < -0.39 is 0 Å². The number of anilines is 1. The van der Waals surface area contributed by atoms with E-state index in [9.17, 15) is 9.90 Å². The quantitative estimate of drug-likeness (QED) is 0.674. The zero-order chi connectivity index (χ0) is 17.6. The van der Waals surface area contributed by atoms with Crippen molar-refractivity contribution in [3.05, 3.63) is 77.5 Å². The van der Waals surface area contributed by atoms with Crippen molar-refractivity contribution in [2.45, 2.75) is 13.5 Å². The number of aryl methyl sites for hydroxylation is 1. The van der Waals surface area contributed by atoms with Crippen LogP contribution in [0.2, 0.25) is 0 Å². The molecule has 0 fully saturated rings. The molecule has 2 aromatic carbocycles. The molecule has 0 radical (unpaired) electrons. The lowest BCUT2D eigenvalue weighted by Gasteiger charge is -2.25. The highest BCUT2D eigenvalue weighted by Crippen LogP contribution is 2.27. The van der Waals surface area contributed by atoms with Crippen LogP contribution in [0.1, 0.15) is 21.6 Å². The lowest BCUT2D eigenvalue weighted by Crippen LogP contribution is -2.29. The Morgan fingerprint density at radius 3 is 2.32 bits per heavy atom. The summed E-state index contributed by atoms with van der Waals surface area (Å²) >= 11 is 0. The van der Waals surface area contributed by atoms with E-state index in [4.69, 9.17) is 0 Å². The summed E-state index contributed by atoms with van der Waals surface area (Å²) in [5.74, 6) is 0.705. The number of hydrogen-bond donors (Lipinski definition) is 1. The maximum atomic E-state index is 11.7. The summed E-state index contributed by atoms with van der Waals surface area (Å²) < 4.78 is 1.78. The van der Waals surface area contributed by atoms with Crippen molar-refractivity contribution >= 4 is 12.1 Å². The molecule has 3 aromatic rings. The summed E-state index contributed by atoms with van der Waals surface area (Å²) in [5, 5.41) is 14.1. The van der Waals surface area contributed by atoms with Crippen LogP contribution in [0.4, 0.5) is 5.82 Å². The van der Waals surface area contributed by atoms with Crippen LogP contribution in [0.3, 0.4) is 0 Å². The first kappa shape index (κ1) is 16.9. The molecular weight excluding hydrogens is 314 g/mol. The third-order valence-electron chi connectivity index (χ3n) is 4.09. The Morgan fingerprint density at radius 2 is 1.72 bits per heavy atom. The number of aliphatic hydroxyl groups excluding tert-OH is 1. The largest absolute Gasteiger partial charge is 0.395 e. The predicted octanol–water partition coefficient (Wildman–Crippen LogP) is 2.99. The highest BCUT2D eigenvalue weighted by molar-refractivity contribution is 5.85. The minimum absolute atomic E-state index is 0.00977. The molecular formula is C20H21N3O2. The molecule has 0 saturated heterocycles. The van der Waals surface area contributed by atoms with Gasteiger partial charge >= 0.3 is 0 Å². The number of aliphatic hydroxyl groups is 1. The second kappa shape index (κ2) is 7.77. The number of carbonyl (C=O) groups excluding carboxylic acids is 1. The lowest BCUT2D eigenvalue weighted by atomic mass is 10.2. The molecule has 0 saturated carbocycles. The number of para-hydroxylation sites is 1. The van der Waals surface area contributed by atoms with Gasteiger partial charge in [0.1, 0.15) is 5.82 Å². The Bertz CT molecular complexity index is 829. The Balaban J connectivity index is 2.09. The summed E-state index contributed by atoms with van der Waals surface area (Å²) in [7, 11) is 0. The molecule has 128 valence electrons. The SMILES string of the molecule is Cc1nn(-c2ccccc2)c(N(CCO)Cc2ccccc2)c1C=O. The molecule has 0 aliphatic heterocycles. The van der Waals surface area contributed by atoms with Crippen LogP contribution in [0, 0.1) is 6.92 Å². The van der Waals surface area contributed by atoms with Gasteiger partial charge in [-0.1, -0.05) is 48.5 Å². The van der Waals surface area contributed by atoms with Gasteiger partial charge in [0.25, 0.3) is 0 Å². The van der Waals surface area contributed by atoms with E-state index in [-0.39, 0.29) is 6.61 Å². The van der Waals surface area contributed by atoms with E-state index >= 15 is 0 Å². The lowest BCUT2D eigenvalue weighted by molar-refractivity contribution is 0.112. The average Bonchev–Trinajstić information content (AvgIpc) is 2.99. The highest BCUT2D eigenvalue weighted by atomic mass is 16.3. The third-order valence-corrected chi connectivity index (χ3v) is 4.09. The van der Waals surface area contributed by atoms with Gasteiger partial charge in [0.05, 0.1) is 23.6 Å². The second-order valence-corrected chi connectivity index (χ2v) is 5.82. The Labute approximate surface area is 147 Å². The molecule has 0 aliphatic carbocycles. The molecule has 1 N–H and O–H groups in total. The Morgan fingerprint density at radius 1 is 1.08 bits per heavy atom. The summed E-state index contributed by atoms with van der Waals surface area (Å²) in [4.78, 5) is 13.7. The van der Waals surface area contributed by atoms with Gasteiger partial charge in [-0.25, -0.2) is 4.68 Å². The molecule has 5 heteroatoms. The monoisotopic (exact) mass is 335 g/mol. The predicted molar refractivity (Wildman–Crippen MR) is 98.3 cm³/mol. The standard InChI is InChI=1S/C20H21N3O2/c1-16-19(15-25)20(23(21-16)18-10-6-3-7-11-18)22(12-13-24)14-17-8-4-2-5-9-17/h2-11,15,24H,12-14H2,1H3. The normalized spacial score (nSPS) is 10.6. The van der Waals surface area contributed by atoms with Gasteiger partial charge in [-0.2, -0.15) is 5.10 Å². The summed E-state index contributed by atoms with van der Waals surface area (Å²) in [6.45, 7) is 2.81. The van der Waals surface area contributed by atoms with Gasteiger partial charge in [0, 0.05) is 13.1 Å². The number of nitrogens with zero attached hydrogens (tertiary/aromatic N) is 3. The van der Waals surface area contributed by atoms with Gasteiger partial charge in [0.2, 0.25) is 0 Å². The van der Waals surface area contributed by atoms with Crippen LogP contribution in [0.15, 0.2) is 60.7 Å². The highest BCUT2D eigenvalue weighted by Gasteiger charge is 2.21. The van der Waals surface area contributed by atoms with Crippen molar-refractivity contribution in [1.82, 2.24) is 9.78 Å². The molecule has 0 unspecified atom stereocenters. The van der Waals surface area contributed by atoms with Gasteiger partial charge in [0.15, 0.2) is 6.29 Å². The topological polar surface area (TPSA) is 58.4 Å². The molecule has 0 spiro atoms. The average molecular weight is 335 g/mol. The van der Waals surface area contributed by atoms with Gasteiger partial charge in [-0.15, -0.1) is 0 Å². The Kier molecular flexibility index (Phi) is 5.26. The maximum Gasteiger partial charge on any atom is 0.155 e. The zero-order valence-corrected chi connectivity index (χ0v) is 14.2. The van der Waals surface area contributed by atoms with Gasteiger partial charge < -0.3 is 10.0 Å². The van der Waals surface area contributed by atoms with Crippen molar-refractivity contribution in [2.24, 2.45) is 0 Å². The van der Waals surface area contributed by atoms with Gasteiger partial charge in [-0.3, -0.25) is 4.79 Å². The molecule has 25 heavy (non-hydrogen) atoms. The van der Waals surface area contributed by atoms with Crippen LogP contribution in [-0.4, -0.2) is 34.3 Å². The Hall–Kier alpha value is -2.92. The van der Waals surface area contributed by atoms with Crippen LogP contribution in [0.25, 0.3) is 5.69 Å². The van der Waals surface area contributed by atoms with Crippen molar-refractivity contribution in [2.75, 3.05) is 18.1 Å². The van der Waals surface area contributed by atoms with Gasteiger partial charge in [-0.05, 0) is 24.6 Å². The molecule has 0 bridgehead atoms. The third kappa shape index (κ3) is 3.61. The zero-order valence-electron chi connectivity index (χ0n) is 14.2. The molecule has 0 atom stereocenters. The minimum atomic E-state index is -0.00977. The van der Waals surface area contributed by atoms with Crippen LogP contribution >= 0.6 is 0 Å². The molecule has 0 amide bonds. The number of aldehydes is 1. The van der Waals surface area contributed by atoms with E-state index in [1.54, 1.807) is 4.68 Å². The van der Waals surface area contributed by atoms with E-state index in [2.05, 4.69) is 5.10 Å². The summed E-state index contributed by atoms with van der Waals surface area (Å²) in [5.41, 5.74) is 3.20. The van der Waals surface area contributed by atoms with Crippen molar-refractivity contribution in [3.63, 3.8) is 0 Å². The smallest absolute Gasteiger partial charge is 0.155 e. The molecule has 0 aliphatic rings. The minimum Gasteiger partial charge on any atom is -0.395 e. The van der Waals surface area contributed by atoms with E-state index in [1.807, 2.05) is 72.5 Å². The summed E-state index contributed by atoms with van der Waals surface area (Å²) in [6, 6.07) is 19.7. The van der Waals surface area contributed by atoms with Crippen LogP contribution in [0.5, 0.6) is 0 Å². The number of benzene rings is 2. The molecule has 5 nitrogen and oxygen atoms in total.